The predicted octanol–water partition coefficient (Wildman–Crippen LogP) is 3.02. The predicted molar refractivity (Wildman–Crippen MR) is 132 cm³/mol. The fourth-order valence-corrected chi connectivity index (χ4v) is 3.94. The third-order valence-corrected chi connectivity index (χ3v) is 6.13. The van der Waals surface area contributed by atoms with Gasteiger partial charge < -0.3 is 15.5 Å². The number of aldehydes is 1. The molecule has 1 aliphatic carbocycles. The molecule has 0 atom stereocenters. The Morgan fingerprint density at radius 1 is 1.18 bits per heavy atom. The van der Waals surface area contributed by atoms with E-state index in [0.717, 1.165) is 68.9 Å². The number of carbonyl (C=O) groups excluding carboxylic acids is 2. The Balaban J connectivity index is 1.32. The van der Waals surface area contributed by atoms with E-state index in [1.807, 2.05) is 32.2 Å². The van der Waals surface area contributed by atoms with Crippen LogP contribution in [0.5, 0.6) is 0 Å². The highest BCUT2D eigenvalue weighted by Gasteiger charge is 2.24. The number of amides is 1. The first kappa shape index (κ1) is 22.9. The number of nitrogens with one attached hydrogen (secondary N) is 2. The third kappa shape index (κ3) is 5.96. The highest BCUT2D eigenvalue weighted by Crippen LogP contribution is 2.27. The lowest BCUT2D eigenvalue weighted by atomic mass is 10.1. The average Bonchev–Trinajstić information content (AvgIpc) is 3.67. The Labute approximate surface area is 195 Å². The molecule has 8 heteroatoms. The van der Waals surface area contributed by atoms with E-state index in [1.165, 1.54) is 5.56 Å². The number of pyridine rings is 1. The van der Waals surface area contributed by atoms with Crippen LogP contribution in [0.2, 0.25) is 0 Å². The molecule has 1 aromatic heterocycles. The Bertz CT molecular complexity index is 1010. The number of hydrogen-bond donors (Lipinski definition) is 2. The summed E-state index contributed by atoms with van der Waals surface area (Å²) in [5, 5.41) is 6.17. The quantitative estimate of drug-likeness (QED) is 0.453. The summed E-state index contributed by atoms with van der Waals surface area (Å²) in [5.74, 6) is -0.0800. The molecule has 1 aliphatic heterocycles. The largest absolute Gasteiger partial charge is 0.386 e. The summed E-state index contributed by atoms with van der Waals surface area (Å²) < 4.78 is 0. The van der Waals surface area contributed by atoms with Crippen LogP contribution in [0.3, 0.4) is 0 Å². The lowest BCUT2D eigenvalue weighted by Crippen LogP contribution is -2.46. The van der Waals surface area contributed by atoms with Gasteiger partial charge in [-0.3, -0.25) is 14.5 Å². The van der Waals surface area contributed by atoms with Gasteiger partial charge in [0.05, 0.1) is 29.0 Å². The smallest absolute Gasteiger partial charge is 0.270 e. The Morgan fingerprint density at radius 2 is 1.97 bits per heavy atom. The molecule has 0 bridgehead atoms. The van der Waals surface area contributed by atoms with E-state index in [1.54, 1.807) is 6.20 Å². The summed E-state index contributed by atoms with van der Waals surface area (Å²) in [6.45, 7) is 6.51. The SMILES string of the molecule is CC/C(C=O)=N/c1ccc(CN2CCN(c3ccc(C(=O)NC4CC4)nc3)CC2)cc1NC. The van der Waals surface area contributed by atoms with Gasteiger partial charge in [0.1, 0.15) is 5.69 Å². The number of aromatic nitrogens is 1. The van der Waals surface area contributed by atoms with E-state index in [9.17, 15) is 9.59 Å². The number of piperazine rings is 1. The molecular weight excluding hydrogens is 416 g/mol. The van der Waals surface area contributed by atoms with Gasteiger partial charge in [-0.25, -0.2) is 9.98 Å². The molecule has 2 fully saturated rings. The normalized spacial score (nSPS) is 17.0. The van der Waals surface area contributed by atoms with Crippen LogP contribution in [0.25, 0.3) is 0 Å². The zero-order valence-corrected chi connectivity index (χ0v) is 19.4. The van der Waals surface area contributed by atoms with E-state index in [-0.39, 0.29) is 5.91 Å². The van der Waals surface area contributed by atoms with E-state index in [0.29, 0.717) is 23.9 Å². The molecule has 33 heavy (non-hydrogen) atoms. The summed E-state index contributed by atoms with van der Waals surface area (Å²) in [4.78, 5) is 36.8. The molecule has 174 valence electrons. The molecule has 0 unspecified atom stereocenters. The molecule has 1 saturated heterocycles. The van der Waals surface area contributed by atoms with Crippen molar-refractivity contribution in [3.63, 3.8) is 0 Å². The first-order chi connectivity index (χ1) is 16.1. The average molecular weight is 449 g/mol. The molecule has 0 radical (unpaired) electrons. The second kappa shape index (κ2) is 10.6. The van der Waals surface area contributed by atoms with Gasteiger partial charge in [-0.15, -0.1) is 0 Å². The standard InChI is InChI=1S/C25H32N6O2/c1-3-19(17-32)28-22-8-4-18(14-24(22)26-2)16-30-10-12-31(13-11-30)21-7-9-23(27-15-21)25(33)29-20-5-6-20/h4,7-9,14-15,17,20,26H,3,5-6,10-13,16H2,1-2H3,(H,29,33)/b28-19-. The maximum absolute atomic E-state index is 12.1. The van der Waals surface area contributed by atoms with E-state index < -0.39 is 0 Å². The van der Waals surface area contributed by atoms with E-state index in [4.69, 9.17) is 0 Å². The van der Waals surface area contributed by atoms with Gasteiger partial charge in [-0.2, -0.15) is 0 Å². The topological polar surface area (TPSA) is 89.9 Å². The fourth-order valence-electron chi connectivity index (χ4n) is 3.94. The Kier molecular flexibility index (Phi) is 7.34. The van der Waals surface area contributed by atoms with Crippen molar-refractivity contribution >= 4 is 35.0 Å². The van der Waals surface area contributed by atoms with Gasteiger partial charge in [-0.05, 0) is 49.1 Å². The molecule has 1 saturated carbocycles. The lowest BCUT2D eigenvalue weighted by Gasteiger charge is -2.36. The molecular formula is C25H32N6O2. The third-order valence-electron chi connectivity index (χ3n) is 6.13. The van der Waals surface area contributed by atoms with Gasteiger partial charge in [0.25, 0.3) is 5.91 Å². The van der Waals surface area contributed by atoms with Crippen LogP contribution in [-0.4, -0.2) is 67.1 Å². The monoisotopic (exact) mass is 448 g/mol. The van der Waals surface area contributed by atoms with Crippen molar-refractivity contribution < 1.29 is 9.59 Å². The fraction of sp³-hybridized carbons (Fsp3) is 0.440. The molecule has 2 aliphatic rings. The molecule has 0 spiro atoms. The highest BCUT2D eigenvalue weighted by molar-refractivity contribution is 6.28. The summed E-state index contributed by atoms with van der Waals surface area (Å²) in [7, 11) is 1.87. The summed E-state index contributed by atoms with van der Waals surface area (Å²) in [6.07, 6.45) is 5.38. The minimum Gasteiger partial charge on any atom is -0.386 e. The van der Waals surface area contributed by atoms with Crippen LogP contribution >= 0.6 is 0 Å². The minimum atomic E-state index is -0.0800. The maximum Gasteiger partial charge on any atom is 0.270 e. The maximum atomic E-state index is 12.1. The van der Waals surface area contributed by atoms with Crippen molar-refractivity contribution in [2.45, 2.75) is 38.8 Å². The van der Waals surface area contributed by atoms with Crippen LogP contribution in [0.4, 0.5) is 17.1 Å². The lowest BCUT2D eigenvalue weighted by molar-refractivity contribution is -0.102. The van der Waals surface area contributed by atoms with Crippen LogP contribution in [0, 0.1) is 0 Å². The molecule has 1 aromatic carbocycles. The van der Waals surface area contributed by atoms with E-state index >= 15 is 0 Å². The molecule has 4 rings (SSSR count). The van der Waals surface area contributed by atoms with Gasteiger partial charge in [0, 0.05) is 45.8 Å². The van der Waals surface area contributed by atoms with Gasteiger partial charge >= 0.3 is 0 Å². The number of carbonyl (C=O) groups is 2. The molecule has 2 N–H and O–H groups in total. The molecule has 2 aromatic rings. The van der Waals surface area contributed by atoms with E-state index in [2.05, 4.69) is 42.5 Å². The first-order valence-electron chi connectivity index (χ1n) is 11.7. The molecule has 8 nitrogen and oxygen atoms in total. The summed E-state index contributed by atoms with van der Waals surface area (Å²) in [6, 6.07) is 10.3. The molecule has 2 heterocycles. The van der Waals surface area contributed by atoms with Crippen molar-refractivity contribution in [2.24, 2.45) is 4.99 Å². The number of benzene rings is 1. The van der Waals surface area contributed by atoms with Crippen molar-refractivity contribution in [2.75, 3.05) is 43.4 Å². The van der Waals surface area contributed by atoms with Crippen LogP contribution in [-0.2, 0) is 11.3 Å². The zero-order valence-electron chi connectivity index (χ0n) is 19.4. The van der Waals surface area contributed by atoms with Crippen molar-refractivity contribution in [1.29, 1.82) is 0 Å². The van der Waals surface area contributed by atoms with Crippen LogP contribution in [0.15, 0.2) is 41.5 Å². The number of anilines is 2. The zero-order chi connectivity index (χ0) is 23.2. The number of rotatable bonds is 9. The summed E-state index contributed by atoms with van der Waals surface area (Å²) in [5.41, 5.74) is 5.01. The van der Waals surface area contributed by atoms with Crippen molar-refractivity contribution in [3.05, 3.63) is 47.8 Å². The van der Waals surface area contributed by atoms with Crippen LogP contribution in [0.1, 0.15) is 42.2 Å². The van der Waals surface area contributed by atoms with Crippen molar-refractivity contribution in [1.82, 2.24) is 15.2 Å². The Morgan fingerprint density at radius 3 is 2.58 bits per heavy atom. The second-order valence-corrected chi connectivity index (χ2v) is 8.59. The number of nitrogens with zero attached hydrogens (tertiary/aromatic N) is 4. The Hall–Kier alpha value is -3.26. The summed E-state index contributed by atoms with van der Waals surface area (Å²) >= 11 is 0. The van der Waals surface area contributed by atoms with Gasteiger partial charge in [0.15, 0.2) is 6.29 Å². The second-order valence-electron chi connectivity index (χ2n) is 8.59. The number of hydrogen-bond acceptors (Lipinski definition) is 7. The van der Waals surface area contributed by atoms with Gasteiger partial charge in [-0.1, -0.05) is 13.0 Å². The number of aliphatic imine (C=N–C) groups is 1. The minimum absolute atomic E-state index is 0.0800. The van der Waals surface area contributed by atoms with Gasteiger partial charge in [0.2, 0.25) is 0 Å². The molecule has 1 amide bonds. The first-order valence-corrected chi connectivity index (χ1v) is 11.7. The van der Waals surface area contributed by atoms with Crippen LogP contribution < -0.4 is 15.5 Å². The highest BCUT2D eigenvalue weighted by atomic mass is 16.2. The van der Waals surface area contributed by atoms with Crippen molar-refractivity contribution in [3.8, 4) is 0 Å².